The van der Waals surface area contributed by atoms with Crippen molar-refractivity contribution >= 4 is 29.5 Å². The van der Waals surface area contributed by atoms with Crippen LogP contribution in [0, 0.1) is 0 Å². The Hall–Kier alpha value is -6.01. The predicted molar refractivity (Wildman–Crippen MR) is 165 cm³/mol. The number of nitrogens with zero attached hydrogens (tertiary/aromatic N) is 2. The van der Waals surface area contributed by atoms with Crippen LogP contribution in [0.15, 0.2) is 130 Å². The molecular weight excluding hydrogens is 647 g/mol. The molecule has 2 heterocycles. The summed E-state index contributed by atoms with van der Waals surface area (Å²) in [5.41, 5.74) is 4.66. The summed E-state index contributed by atoms with van der Waals surface area (Å²) in [6.07, 6.45) is 0.745. The zero-order valence-electron chi connectivity index (χ0n) is 24.4. The molecule has 0 saturated carbocycles. The number of aldehydes is 1. The first-order valence-corrected chi connectivity index (χ1v) is 14.7. The van der Waals surface area contributed by atoms with Crippen LogP contribution < -0.4 is 10.6 Å². The summed E-state index contributed by atoms with van der Waals surface area (Å²) in [5, 5.41) is 22.0. The van der Waals surface area contributed by atoms with E-state index in [0.29, 0.717) is 28.5 Å². The number of benzene rings is 4. The predicted octanol–water partition coefficient (Wildman–Crippen LogP) is 6.25. The zero-order chi connectivity index (χ0) is 33.4. The fraction of sp³-hybridized carbons (Fsp3) is 0.0294. The van der Waals surface area contributed by atoms with Crippen molar-refractivity contribution in [3.05, 3.63) is 144 Å². The van der Waals surface area contributed by atoms with Gasteiger partial charge in [0.25, 0.3) is 11.8 Å². The van der Waals surface area contributed by atoms with Gasteiger partial charge in [-0.25, -0.2) is 0 Å². The molecule has 2 aromatic heterocycles. The van der Waals surface area contributed by atoms with E-state index in [1.165, 1.54) is 0 Å². The number of rotatable bonds is 8. The van der Waals surface area contributed by atoms with E-state index < -0.39 is 14.8 Å². The summed E-state index contributed by atoms with van der Waals surface area (Å²) in [6, 6.07) is 35.6. The van der Waals surface area contributed by atoms with Crippen molar-refractivity contribution in [1.82, 2.24) is 10.3 Å². The van der Waals surface area contributed by atoms with Crippen molar-refractivity contribution in [1.29, 1.82) is 0 Å². The first-order valence-electron chi connectivity index (χ1n) is 13.8. The van der Waals surface area contributed by atoms with Crippen LogP contribution in [0.5, 0.6) is 0 Å². The van der Waals surface area contributed by atoms with Gasteiger partial charge in [-0.3, -0.25) is 14.4 Å². The van der Waals surface area contributed by atoms with Crippen molar-refractivity contribution in [2.45, 2.75) is 6.61 Å². The fourth-order valence-electron chi connectivity index (χ4n) is 3.97. The van der Waals surface area contributed by atoms with Crippen LogP contribution in [-0.4, -0.2) is 33.5 Å². The third-order valence-electron chi connectivity index (χ3n) is 6.30. The van der Waals surface area contributed by atoms with Crippen molar-refractivity contribution in [2.75, 3.05) is 10.6 Å². The number of anilines is 2. The quantitative estimate of drug-likeness (QED) is 0.123. The second kappa shape index (κ2) is 17.5. The molecule has 6 rings (SSSR count). The molecule has 237 valence electrons. The molecule has 0 radical (unpaired) electrons. The molecule has 2 amide bonds. The standard InChI is InChI=1S/C17H14N2O3.C17H12N2O3.Mn.2O/c2*20-11-12-6-8-14(9-7-12)18-17(21)15-10-16(22-19-15)13-4-2-1-3-5-13;;;/h1-10,20H,11H2,(H,18,21);1-11H,(H,18,21);;;. The summed E-state index contributed by atoms with van der Waals surface area (Å²) in [7, 11) is 0. The molecule has 4 aromatic carbocycles. The van der Waals surface area contributed by atoms with Crippen molar-refractivity contribution in [2.24, 2.45) is 0 Å². The molecule has 0 saturated heterocycles. The summed E-state index contributed by atoms with van der Waals surface area (Å²) in [5.74, 6) is 0.357. The van der Waals surface area contributed by atoms with E-state index in [4.69, 9.17) is 21.8 Å². The Balaban J connectivity index is 0.000000197. The Morgan fingerprint density at radius 1 is 0.660 bits per heavy atom. The Kier molecular flexibility index (Phi) is 12.6. The van der Waals surface area contributed by atoms with E-state index in [-0.39, 0.29) is 29.8 Å². The maximum absolute atomic E-state index is 12.1. The van der Waals surface area contributed by atoms with Gasteiger partial charge in [0.05, 0.1) is 6.61 Å². The number of nitrogens with one attached hydrogen (secondary N) is 2. The van der Waals surface area contributed by atoms with Crippen molar-refractivity contribution in [3.63, 3.8) is 0 Å². The van der Waals surface area contributed by atoms with Crippen molar-refractivity contribution < 1.29 is 51.0 Å². The number of aliphatic hydroxyl groups excluding tert-OH is 1. The first kappa shape index (κ1) is 33.9. The maximum atomic E-state index is 12.1. The van der Waals surface area contributed by atoms with Gasteiger partial charge in [0, 0.05) is 40.2 Å². The van der Waals surface area contributed by atoms with E-state index in [2.05, 4.69) is 20.9 Å². The first-order chi connectivity index (χ1) is 22.9. The summed E-state index contributed by atoms with van der Waals surface area (Å²) in [4.78, 5) is 34.8. The Labute approximate surface area is 274 Å². The van der Waals surface area contributed by atoms with Gasteiger partial charge >= 0.3 is 22.5 Å². The van der Waals surface area contributed by atoms with Crippen molar-refractivity contribution in [3.8, 4) is 22.6 Å². The zero-order valence-corrected chi connectivity index (χ0v) is 25.6. The van der Waals surface area contributed by atoms with Crippen LogP contribution >= 0.6 is 0 Å². The molecule has 0 unspecified atom stereocenters. The second-order valence-electron chi connectivity index (χ2n) is 9.45. The second-order valence-corrected chi connectivity index (χ2v) is 9.65. The third kappa shape index (κ3) is 9.99. The molecule has 47 heavy (non-hydrogen) atoms. The molecule has 0 spiro atoms. The SMILES string of the molecule is O=C(Nc1ccc(CO)cc1)c1cc(-c2ccccc2)on1.O=Cc1ccc(NC(=O)c2cc(-c3ccccc3)on2)cc1.[O]=[Mn]=[O]. The van der Waals surface area contributed by atoms with Gasteiger partial charge in [-0.2, -0.15) is 0 Å². The average molecular weight is 674 g/mol. The average Bonchev–Trinajstić information content (AvgIpc) is 3.82. The Morgan fingerprint density at radius 3 is 1.45 bits per heavy atom. The van der Waals surface area contributed by atoms with Gasteiger partial charge < -0.3 is 24.8 Å². The van der Waals surface area contributed by atoms with Crippen LogP contribution in [0.1, 0.15) is 36.9 Å². The number of aliphatic hydroxyl groups is 1. The van der Waals surface area contributed by atoms with Gasteiger partial charge in [-0.1, -0.05) is 83.1 Å². The normalized spacial score (nSPS) is 9.89. The van der Waals surface area contributed by atoms with Gasteiger partial charge in [-0.05, 0) is 42.0 Å². The summed E-state index contributed by atoms with van der Waals surface area (Å²) in [6.45, 7) is -0.0298. The monoisotopic (exact) mass is 673 g/mol. The molecular formula is C34H26MnN4O8. The van der Waals surface area contributed by atoms with Crippen LogP contribution in [0.4, 0.5) is 11.4 Å². The molecule has 0 atom stereocenters. The molecule has 0 fully saturated rings. The molecule has 6 aromatic rings. The summed E-state index contributed by atoms with van der Waals surface area (Å²) < 4.78 is 27.2. The van der Waals surface area contributed by atoms with Gasteiger partial charge in [0.15, 0.2) is 22.9 Å². The minimum absolute atomic E-state index is 0.0298. The third-order valence-corrected chi connectivity index (χ3v) is 6.30. The molecule has 13 heteroatoms. The number of carbonyl (C=O) groups is 3. The van der Waals surface area contributed by atoms with E-state index in [9.17, 15) is 14.4 Å². The van der Waals surface area contributed by atoms with E-state index in [0.717, 1.165) is 23.0 Å². The number of aromatic nitrogens is 2. The van der Waals surface area contributed by atoms with Gasteiger partial charge in [0.1, 0.15) is 6.29 Å². The van der Waals surface area contributed by atoms with E-state index in [1.54, 1.807) is 60.7 Å². The molecule has 3 N–H and O–H groups in total. The molecule has 0 aliphatic heterocycles. The molecule has 0 aliphatic rings. The van der Waals surface area contributed by atoms with Crippen LogP contribution in [0.3, 0.4) is 0 Å². The van der Waals surface area contributed by atoms with E-state index >= 15 is 0 Å². The van der Waals surface area contributed by atoms with Crippen LogP contribution in [-0.2, 0) is 29.1 Å². The topological polar surface area (TPSA) is 182 Å². The Morgan fingerprint density at radius 2 is 1.06 bits per heavy atom. The summed E-state index contributed by atoms with van der Waals surface area (Å²) >= 11 is -1.44. The number of hydrogen-bond donors (Lipinski definition) is 3. The Bertz CT molecular complexity index is 1940. The number of hydrogen-bond acceptors (Lipinski definition) is 10. The molecule has 0 bridgehead atoms. The van der Waals surface area contributed by atoms with E-state index in [1.807, 2.05) is 60.7 Å². The van der Waals surface area contributed by atoms with Crippen LogP contribution in [0.2, 0.25) is 0 Å². The number of carbonyl (C=O) groups excluding carboxylic acids is 3. The van der Waals surface area contributed by atoms with Crippen LogP contribution in [0.25, 0.3) is 22.6 Å². The van der Waals surface area contributed by atoms with Gasteiger partial charge in [0.2, 0.25) is 0 Å². The fourth-order valence-corrected chi connectivity index (χ4v) is 3.97. The minimum atomic E-state index is -1.44. The molecule has 0 aliphatic carbocycles. The molecule has 12 nitrogen and oxygen atoms in total. The van der Waals surface area contributed by atoms with Gasteiger partial charge in [-0.15, -0.1) is 0 Å². The number of amides is 2.